The van der Waals surface area contributed by atoms with Crippen LogP contribution in [0.5, 0.6) is 0 Å². The maximum absolute atomic E-state index is 12.8. The molecule has 0 unspecified atom stereocenters. The smallest absolute Gasteiger partial charge is 0.320 e. The van der Waals surface area contributed by atoms with Crippen LogP contribution in [-0.2, 0) is 16.1 Å². The predicted octanol–water partition coefficient (Wildman–Crippen LogP) is 1.22. The highest BCUT2D eigenvalue weighted by Gasteiger charge is 2.22. The third-order valence-electron chi connectivity index (χ3n) is 3.67. The monoisotopic (exact) mass is 323 g/mol. The number of carbonyl (C=O) groups excluding carboxylic acids is 2. The van der Waals surface area contributed by atoms with Crippen molar-refractivity contribution in [2.45, 2.75) is 13.5 Å². The van der Waals surface area contributed by atoms with Crippen molar-refractivity contribution in [1.29, 1.82) is 0 Å². The lowest BCUT2D eigenvalue weighted by atomic mass is 10.2. The summed E-state index contributed by atoms with van der Waals surface area (Å²) in [4.78, 5) is 27.2. The summed E-state index contributed by atoms with van der Waals surface area (Å²) in [6.07, 6.45) is 0. The van der Waals surface area contributed by atoms with E-state index in [2.05, 4.69) is 5.32 Å². The molecule has 0 aliphatic carbocycles. The maximum Gasteiger partial charge on any atom is 0.320 e. The van der Waals surface area contributed by atoms with Gasteiger partial charge in [0.1, 0.15) is 5.82 Å². The summed E-state index contributed by atoms with van der Waals surface area (Å²) in [6, 6.07) is 5.88. The van der Waals surface area contributed by atoms with Gasteiger partial charge in [-0.1, -0.05) is 12.1 Å². The Hall–Kier alpha value is -2.15. The molecule has 2 amide bonds. The van der Waals surface area contributed by atoms with Crippen LogP contribution in [0.2, 0.25) is 0 Å². The molecule has 0 bridgehead atoms. The summed E-state index contributed by atoms with van der Waals surface area (Å²) < 4.78 is 17.7. The number of urea groups is 1. The lowest BCUT2D eigenvalue weighted by Gasteiger charge is -2.34. The summed E-state index contributed by atoms with van der Waals surface area (Å²) in [6.45, 7) is 5.20. The molecule has 0 atom stereocenters. The average Bonchev–Trinajstić information content (AvgIpc) is 2.55. The van der Waals surface area contributed by atoms with Crippen LogP contribution in [0.25, 0.3) is 0 Å². The number of nitrogens with one attached hydrogen (secondary N) is 1. The van der Waals surface area contributed by atoms with E-state index in [1.807, 2.05) is 4.90 Å². The molecular formula is C16H22FN3O3. The minimum atomic E-state index is -0.294. The van der Waals surface area contributed by atoms with Gasteiger partial charge in [0.25, 0.3) is 0 Å². The Bertz CT molecular complexity index is 528. The second-order valence-electron chi connectivity index (χ2n) is 5.35. The Morgan fingerprint density at radius 3 is 2.43 bits per heavy atom. The van der Waals surface area contributed by atoms with Crippen molar-refractivity contribution in [2.24, 2.45) is 0 Å². The first kappa shape index (κ1) is 17.2. The molecule has 126 valence electrons. The van der Waals surface area contributed by atoms with Gasteiger partial charge in [-0.3, -0.25) is 9.69 Å². The Morgan fingerprint density at radius 2 is 1.83 bits per heavy atom. The molecule has 1 aromatic rings. The molecule has 1 aliphatic heterocycles. The molecule has 1 saturated heterocycles. The average molecular weight is 323 g/mol. The number of rotatable bonds is 5. The number of halogens is 1. The first-order valence-corrected chi connectivity index (χ1v) is 7.73. The molecule has 1 fully saturated rings. The molecule has 1 aromatic carbocycles. The topological polar surface area (TPSA) is 61.9 Å². The summed E-state index contributed by atoms with van der Waals surface area (Å²) in [7, 11) is 0. The lowest BCUT2D eigenvalue weighted by Crippen LogP contribution is -2.52. The number of piperazine rings is 1. The standard InChI is InChI=1S/C16H22FN3O3/c1-2-23-15(21)12-19-7-9-20(10-8-19)16(22)18-11-13-3-5-14(17)6-4-13/h3-6H,2,7-12H2,1H3,(H,18,22). The number of ether oxygens (including phenoxy) is 1. The fourth-order valence-electron chi connectivity index (χ4n) is 2.39. The largest absolute Gasteiger partial charge is 0.465 e. The minimum absolute atomic E-state index is 0.148. The van der Waals surface area contributed by atoms with Gasteiger partial charge in [-0.15, -0.1) is 0 Å². The highest BCUT2D eigenvalue weighted by Crippen LogP contribution is 2.05. The zero-order chi connectivity index (χ0) is 16.7. The highest BCUT2D eigenvalue weighted by atomic mass is 19.1. The number of benzene rings is 1. The van der Waals surface area contributed by atoms with Crippen LogP contribution in [0.15, 0.2) is 24.3 Å². The normalized spacial score (nSPS) is 15.3. The molecule has 6 nitrogen and oxygen atoms in total. The van der Waals surface area contributed by atoms with Crippen LogP contribution in [0.4, 0.5) is 9.18 Å². The quantitative estimate of drug-likeness (QED) is 0.828. The SMILES string of the molecule is CCOC(=O)CN1CCN(C(=O)NCc2ccc(F)cc2)CC1. The Balaban J connectivity index is 1.71. The number of carbonyl (C=O) groups is 2. The van der Waals surface area contributed by atoms with E-state index in [1.165, 1.54) is 12.1 Å². The summed E-state index contributed by atoms with van der Waals surface area (Å²) in [5.74, 6) is -0.528. The van der Waals surface area contributed by atoms with E-state index in [9.17, 15) is 14.0 Å². The van der Waals surface area contributed by atoms with Crippen LogP contribution in [0.3, 0.4) is 0 Å². The van der Waals surface area contributed by atoms with E-state index in [0.29, 0.717) is 39.3 Å². The molecule has 7 heteroatoms. The number of nitrogens with zero attached hydrogens (tertiary/aromatic N) is 2. The van der Waals surface area contributed by atoms with Gasteiger partial charge in [0.2, 0.25) is 0 Å². The van der Waals surface area contributed by atoms with Crippen molar-refractivity contribution in [3.8, 4) is 0 Å². The van der Waals surface area contributed by atoms with Gasteiger partial charge in [0, 0.05) is 32.7 Å². The van der Waals surface area contributed by atoms with Crippen molar-refractivity contribution in [1.82, 2.24) is 15.1 Å². The van der Waals surface area contributed by atoms with Gasteiger partial charge < -0.3 is 15.0 Å². The van der Waals surface area contributed by atoms with E-state index in [4.69, 9.17) is 4.74 Å². The zero-order valence-corrected chi connectivity index (χ0v) is 13.3. The predicted molar refractivity (Wildman–Crippen MR) is 83.3 cm³/mol. The van der Waals surface area contributed by atoms with E-state index in [-0.39, 0.29) is 24.4 Å². The van der Waals surface area contributed by atoms with Crippen molar-refractivity contribution < 1.29 is 18.7 Å². The van der Waals surface area contributed by atoms with Gasteiger partial charge in [0.15, 0.2) is 0 Å². The van der Waals surface area contributed by atoms with E-state index in [0.717, 1.165) is 5.56 Å². The van der Waals surface area contributed by atoms with Gasteiger partial charge in [-0.25, -0.2) is 9.18 Å². The summed E-state index contributed by atoms with van der Waals surface area (Å²) >= 11 is 0. The second-order valence-corrected chi connectivity index (χ2v) is 5.35. The van der Waals surface area contributed by atoms with E-state index >= 15 is 0 Å². The van der Waals surface area contributed by atoms with Crippen molar-refractivity contribution in [3.63, 3.8) is 0 Å². The van der Waals surface area contributed by atoms with Gasteiger partial charge >= 0.3 is 12.0 Å². The van der Waals surface area contributed by atoms with Crippen LogP contribution in [0.1, 0.15) is 12.5 Å². The third-order valence-corrected chi connectivity index (χ3v) is 3.67. The van der Waals surface area contributed by atoms with Crippen molar-refractivity contribution in [3.05, 3.63) is 35.6 Å². The fraction of sp³-hybridized carbons (Fsp3) is 0.500. The first-order valence-electron chi connectivity index (χ1n) is 7.73. The first-order chi connectivity index (χ1) is 11.1. The molecule has 0 saturated carbocycles. The molecule has 1 heterocycles. The summed E-state index contributed by atoms with van der Waals surface area (Å²) in [5.41, 5.74) is 0.848. The van der Waals surface area contributed by atoms with Gasteiger partial charge in [-0.05, 0) is 24.6 Å². The maximum atomic E-state index is 12.8. The molecule has 1 aliphatic rings. The Morgan fingerprint density at radius 1 is 1.17 bits per heavy atom. The van der Waals surface area contributed by atoms with Crippen LogP contribution < -0.4 is 5.32 Å². The molecule has 0 spiro atoms. The zero-order valence-electron chi connectivity index (χ0n) is 13.3. The molecule has 0 aromatic heterocycles. The number of hydrogen-bond donors (Lipinski definition) is 1. The van der Waals surface area contributed by atoms with Crippen LogP contribution >= 0.6 is 0 Å². The minimum Gasteiger partial charge on any atom is -0.465 e. The van der Waals surface area contributed by atoms with Crippen molar-refractivity contribution >= 4 is 12.0 Å². The van der Waals surface area contributed by atoms with Crippen molar-refractivity contribution in [2.75, 3.05) is 39.3 Å². The molecule has 1 N–H and O–H groups in total. The van der Waals surface area contributed by atoms with Gasteiger partial charge in [-0.2, -0.15) is 0 Å². The van der Waals surface area contributed by atoms with E-state index in [1.54, 1.807) is 24.0 Å². The number of esters is 1. The van der Waals surface area contributed by atoms with E-state index < -0.39 is 0 Å². The fourth-order valence-corrected chi connectivity index (χ4v) is 2.39. The molecular weight excluding hydrogens is 301 g/mol. The lowest BCUT2D eigenvalue weighted by molar-refractivity contribution is -0.144. The molecule has 0 radical (unpaired) electrons. The van der Waals surface area contributed by atoms with Crippen LogP contribution in [-0.4, -0.2) is 61.1 Å². The molecule has 23 heavy (non-hydrogen) atoms. The Labute approximate surface area is 135 Å². The van der Waals surface area contributed by atoms with Crippen LogP contribution in [0, 0.1) is 5.82 Å². The molecule has 2 rings (SSSR count). The third kappa shape index (κ3) is 5.52. The number of amides is 2. The summed E-state index contributed by atoms with van der Waals surface area (Å²) in [5, 5.41) is 2.82. The Kier molecular flexibility index (Phi) is 6.34. The highest BCUT2D eigenvalue weighted by molar-refractivity contribution is 5.74. The van der Waals surface area contributed by atoms with Gasteiger partial charge in [0.05, 0.1) is 13.2 Å². The second kappa shape index (κ2) is 8.47. The number of hydrogen-bond acceptors (Lipinski definition) is 4.